The molecule has 2 rings (SSSR count). The Morgan fingerprint density at radius 2 is 2.16 bits per heavy atom. The third-order valence-corrected chi connectivity index (χ3v) is 3.56. The van der Waals surface area contributed by atoms with Gasteiger partial charge in [0.2, 0.25) is 5.95 Å². The van der Waals surface area contributed by atoms with Gasteiger partial charge in [-0.25, -0.2) is 9.97 Å². The highest BCUT2D eigenvalue weighted by atomic mass is 32.2. The first-order valence-electron chi connectivity index (χ1n) is 5.13. The average molecular weight is 307 g/mol. The predicted octanol–water partition coefficient (Wildman–Crippen LogP) is 2.93. The van der Waals surface area contributed by atoms with E-state index in [9.17, 15) is 13.2 Å². The molecule has 0 aliphatic rings. The van der Waals surface area contributed by atoms with E-state index in [1.54, 1.807) is 6.92 Å². The Kier molecular flexibility index (Phi) is 4.20. The van der Waals surface area contributed by atoms with Crippen LogP contribution in [0.25, 0.3) is 0 Å². The first-order chi connectivity index (χ1) is 8.99. The van der Waals surface area contributed by atoms with Crippen LogP contribution in [0.3, 0.4) is 0 Å². The number of nitrogens with one attached hydrogen (secondary N) is 1. The second-order valence-electron chi connectivity index (χ2n) is 3.25. The highest BCUT2D eigenvalue weighted by Gasteiger charge is 2.33. The molecule has 0 atom stereocenters. The molecular weight excluding hydrogens is 299 g/mol. The van der Waals surface area contributed by atoms with Crippen LogP contribution in [0, 0.1) is 0 Å². The zero-order valence-corrected chi connectivity index (χ0v) is 11.2. The second-order valence-corrected chi connectivity index (χ2v) is 5.35. The molecule has 102 valence electrons. The molecule has 5 nitrogen and oxygen atoms in total. The van der Waals surface area contributed by atoms with Gasteiger partial charge in [0, 0.05) is 12.6 Å². The molecule has 19 heavy (non-hydrogen) atoms. The molecule has 0 saturated carbocycles. The van der Waals surface area contributed by atoms with Gasteiger partial charge >= 0.3 is 6.18 Å². The summed E-state index contributed by atoms with van der Waals surface area (Å²) >= 11 is 2.25. The number of hydrogen-bond acceptors (Lipinski definition) is 7. The fourth-order valence-electron chi connectivity index (χ4n) is 1.16. The van der Waals surface area contributed by atoms with E-state index < -0.39 is 11.9 Å². The lowest BCUT2D eigenvalue weighted by molar-refractivity contribution is -0.141. The van der Waals surface area contributed by atoms with E-state index in [2.05, 4.69) is 25.5 Å². The molecule has 0 fully saturated rings. The van der Waals surface area contributed by atoms with Gasteiger partial charge in [-0.1, -0.05) is 11.3 Å². The molecule has 2 aromatic rings. The largest absolute Gasteiger partial charge is 0.433 e. The Balaban J connectivity index is 2.34. The fraction of sp³-hybridized carbons (Fsp3) is 0.333. The van der Waals surface area contributed by atoms with Gasteiger partial charge in [-0.15, -0.1) is 10.2 Å². The van der Waals surface area contributed by atoms with Crippen LogP contribution >= 0.6 is 23.1 Å². The minimum Gasteiger partial charge on any atom is -0.354 e. The third-order valence-electron chi connectivity index (χ3n) is 1.86. The number of hydrogen-bond donors (Lipinski definition) is 1. The summed E-state index contributed by atoms with van der Waals surface area (Å²) in [4.78, 5) is 7.42. The van der Waals surface area contributed by atoms with Crippen LogP contribution in [0.4, 0.5) is 19.1 Å². The first kappa shape index (κ1) is 14.0. The van der Waals surface area contributed by atoms with Gasteiger partial charge < -0.3 is 5.32 Å². The highest BCUT2D eigenvalue weighted by Crippen LogP contribution is 2.33. The van der Waals surface area contributed by atoms with E-state index in [-0.39, 0.29) is 11.0 Å². The molecule has 0 saturated heterocycles. The predicted molar refractivity (Wildman–Crippen MR) is 65.2 cm³/mol. The van der Waals surface area contributed by atoms with Crippen LogP contribution in [0.5, 0.6) is 0 Å². The monoisotopic (exact) mass is 307 g/mol. The number of rotatable bonds is 4. The summed E-state index contributed by atoms with van der Waals surface area (Å²) < 4.78 is 38.7. The van der Waals surface area contributed by atoms with Crippen molar-refractivity contribution in [2.75, 3.05) is 11.9 Å². The van der Waals surface area contributed by atoms with Crippen LogP contribution in [-0.4, -0.2) is 26.7 Å². The Morgan fingerprint density at radius 3 is 2.74 bits per heavy atom. The van der Waals surface area contributed by atoms with Gasteiger partial charge in [0.25, 0.3) is 0 Å². The molecule has 0 unspecified atom stereocenters. The fourth-order valence-corrected chi connectivity index (χ4v) is 2.58. The molecule has 0 aliphatic carbocycles. The summed E-state index contributed by atoms with van der Waals surface area (Å²) in [5.41, 5.74) is 0.518. The summed E-state index contributed by atoms with van der Waals surface area (Å²) in [6.07, 6.45) is -4.51. The van der Waals surface area contributed by atoms with E-state index in [0.29, 0.717) is 10.9 Å². The van der Waals surface area contributed by atoms with Crippen molar-refractivity contribution in [1.29, 1.82) is 0 Å². The van der Waals surface area contributed by atoms with Crippen molar-refractivity contribution in [2.45, 2.75) is 22.5 Å². The number of aromatic nitrogens is 4. The zero-order valence-electron chi connectivity index (χ0n) is 9.60. The van der Waals surface area contributed by atoms with Crippen molar-refractivity contribution in [2.24, 2.45) is 0 Å². The van der Waals surface area contributed by atoms with Gasteiger partial charge in [-0.05, 0) is 18.7 Å². The lowest BCUT2D eigenvalue weighted by atomic mass is 10.4. The van der Waals surface area contributed by atoms with Gasteiger partial charge in [-0.2, -0.15) is 13.2 Å². The summed E-state index contributed by atoms with van der Waals surface area (Å²) in [5.74, 6) is -0.0515. The molecule has 2 heterocycles. The van der Waals surface area contributed by atoms with E-state index in [4.69, 9.17) is 0 Å². The zero-order chi connectivity index (χ0) is 13.9. The van der Waals surface area contributed by atoms with Crippen LogP contribution < -0.4 is 5.32 Å². The maximum atomic E-state index is 12.7. The van der Waals surface area contributed by atoms with Gasteiger partial charge in [0.05, 0.1) is 0 Å². The molecule has 0 aliphatic heterocycles. The minimum absolute atomic E-state index is 0.0515. The maximum Gasteiger partial charge on any atom is 0.433 e. The number of anilines is 1. The molecule has 0 radical (unpaired) electrons. The molecule has 0 amide bonds. The molecular formula is C9H8F3N5S2. The molecule has 0 bridgehead atoms. The lowest BCUT2D eigenvalue weighted by Gasteiger charge is -2.09. The highest BCUT2D eigenvalue weighted by molar-refractivity contribution is 8.00. The first-order valence-corrected chi connectivity index (χ1v) is 6.83. The van der Waals surface area contributed by atoms with Crippen molar-refractivity contribution in [3.8, 4) is 0 Å². The van der Waals surface area contributed by atoms with Crippen LogP contribution in [0.2, 0.25) is 0 Å². The van der Waals surface area contributed by atoms with E-state index in [1.807, 2.05) is 0 Å². The van der Waals surface area contributed by atoms with Crippen molar-refractivity contribution >= 4 is 29.0 Å². The normalized spacial score (nSPS) is 11.6. The second kappa shape index (κ2) is 5.70. The molecule has 10 heteroatoms. The van der Waals surface area contributed by atoms with E-state index >= 15 is 0 Å². The van der Waals surface area contributed by atoms with Gasteiger partial charge in [0.15, 0.2) is 10.0 Å². The Morgan fingerprint density at radius 1 is 1.37 bits per heavy atom. The SMILES string of the molecule is CCNc1nc(Sc2nncs2)cc(C(F)(F)F)n1. The van der Waals surface area contributed by atoms with E-state index in [1.165, 1.54) is 16.8 Å². The number of alkyl halides is 3. The molecule has 1 N–H and O–H groups in total. The number of halogens is 3. The van der Waals surface area contributed by atoms with Crippen molar-refractivity contribution in [3.63, 3.8) is 0 Å². The summed E-state index contributed by atoms with van der Waals surface area (Å²) in [6.45, 7) is 2.19. The van der Waals surface area contributed by atoms with Gasteiger partial charge in [-0.3, -0.25) is 0 Å². The average Bonchev–Trinajstić information content (AvgIpc) is 2.81. The quantitative estimate of drug-likeness (QED) is 0.876. The van der Waals surface area contributed by atoms with Crippen molar-refractivity contribution in [3.05, 3.63) is 17.3 Å². The summed E-state index contributed by atoms with van der Waals surface area (Å²) in [7, 11) is 0. The third kappa shape index (κ3) is 3.77. The van der Waals surface area contributed by atoms with Crippen molar-refractivity contribution in [1.82, 2.24) is 20.2 Å². The lowest BCUT2D eigenvalue weighted by Crippen LogP contribution is -2.12. The standard InChI is InChI=1S/C9H8F3N5S2/c1-2-13-7-15-5(9(10,11)12)3-6(16-7)19-8-17-14-4-18-8/h3-4H,2H2,1H3,(H,13,15,16). The maximum absolute atomic E-state index is 12.7. The topological polar surface area (TPSA) is 63.6 Å². The van der Waals surface area contributed by atoms with Crippen molar-refractivity contribution < 1.29 is 13.2 Å². The molecule has 2 aromatic heterocycles. The molecule has 0 spiro atoms. The summed E-state index contributed by atoms with van der Waals surface area (Å²) in [6, 6.07) is 0.896. The van der Waals surface area contributed by atoms with Crippen LogP contribution in [0.15, 0.2) is 20.9 Å². The van der Waals surface area contributed by atoms with Crippen LogP contribution in [0.1, 0.15) is 12.6 Å². The van der Waals surface area contributed by atoms with E-state index in [0.717, 1.165) is 17.8 Å². The Labute approximate surface area is 114 Å². The number of nitrogens with zero attached hydrogens (tertiary/aromatic N) is 4. The summed E-state index contributed by atoms with van der Waals surface area (Å²) in [5, 5.41) is 10.2. The Hall–Kier alpha value is -1.42. The smallest absolute Gasteiger partial charge is 0.354 e. The Bertz CT molecular complexity index is 543. The van der Waals surface area contributed by atoms with Gasteiger partial charge in [0.1, 0.15) is 10.5 Å². The van der Waals surface area contributed by atoms with Crippen LogP contribution in [-0.2, 0) is 6.18 Å². The minimum atomic E-state index is -4.51. The molecule has 0 aromatic carbocycles.